The second-order valence-corrected chi connectivity index (χ2v) is 5.27. The highest BCUT2D eigenvalue weighted by atomic mass is 16.5. The second-order valence-electron chi connectivity index (χ2n) is 5.27. The molecule has 0 aliphatic rings. The van der Waals surface area contributed by atoms with Crippen molar-refractivity contribution in [2.24, 2.45) is 11.7 Å². The molecule has 1 atom stereocenters. The Hall–Kier alpha value is -1.13. The van der Waals surface area contributed by atoms with Gasteiger partial charge in [0.05, 0.1) is 12.3 Å². The zero-order chi connectivity index (χ0) is 14.8. The fraction of sp³-hybridized carbons (Fsp3) is 0.688. The van der Waals surface area contributed by atoms with Gasteiger partial charge in [0.1, 0.15) is 0 Å². The van der Waals surface area contributed by atoms with Crippen LogP contribution in [-0.2, 0) is 0 Å². The lowest BCUT2D eigenvalue weighted by Crippen LogP contribution is -2.15. The Kier molecular flexibility index (Phi) is 8.23. The first kappa shape index (κ1) is 16.9. The third-order valence-corrected chi connectivity index (χ3v) is 3.43. The van der Waals surface area contributed by atoms with Gasteiger partial charge in [-0.15, -0.1) is 0 Å². The SMILES string of the molecule is CCCC(CCC)COc1cccc(C(N)CCO)n1. The van der Waals surface area contributed by atoms with E-state index in [1.165, 1.54) is 25.7 Å². The van der Waals surface area contributed by atoms with Gasteiger partial charge in [-0.2, -0.15) is 0 Å². The van der Waals surface area contributed by atoms with E-state index in [0.29, 0.717) is 24.8 Å². The van der Waals surface area contributed by atoms with Crippen LogP contribution in [0.2, 0.25) is 0 Å². The molecule has 0 saturated carbocycles. The number of hydrogen-bond donors (Lipinski definition) is 2. The average Bonchev–Trinajstić information content (AvgIpc) is 2.46. The van der Waals surface area contributed by atoms with Crippen molar-refractivity contribution in [2.75, 3.05) is 13.2 Å². The number of aliphatic hydroxyl groups is 1. The summed E-state index contributed by atoms with van der Waals surface area (Å²) < 4.78 is 5.81. The molecule has 1 aromatic rings. The van der Waals surface area contributed by atoms with Gasteiger partial charge >= 0.3 is 0 Å². The van der Waals surface area contributed by atoms with Crippen LogP contribution in [0.1, 0.15) is 57.7 Å². The van der Waals surface area contributed by atoms with Crippen LogP contribution in [0.25, 0.3) is 0 Å². The summed E-state index contributed by atoms with van der Waals surface area (Å²) in [4.78, 5) is 4.43. The monoisotopic (exact) mass is 280 g/mol. The van der Waals surface area contributed by atoms with Gasteiger partial charge in [0.15, 0.2) is 0 Å². The molecule has 114 valence electrons. The van der Waals surface area contributed by atoms with E-state index in [9.17, 15) is 0 Å². The van der Waals surface area contributed by atoms with E-state index in [1.54, 1.807) is 0 Å². The van der Waals surface area contributed by atoms with E-state index >= 15 is 0 Å². The zero-order valence-electron chi connectivity index (χ0n) is 12.7. The number of ether oxygens (including phenoxy) is 1. The van der Waals surface area contributed by atoms with Gasteiger partial charge in [-0.1, -0.05) is 32.8 Å². The molecule has 1 unspecified atom stereocenters. The van der Waals surface area contributed by atoms with E-state index in [4.69, 9.17) is 15.6 Å². The predicted octanol–water partition coefficient (Wildman–Crippen LogP) is 3.06. The Morgan fingerprint density at radius 3 is 2.50 bits per heavy atom. The Bertz CT molecular complexity index is 365. The first-order valence-corrected chi connectivity index (χ1v) is 7.67. The lowest BCUT2D eigenvalue weighted by Gasteiger charge is -2.16. The first-order chi connectivity index (χ1) is 9.71. The molecular weight excluding hydrogens is 252 g/mol. The summed E-state index contributed by atoms with van der Waals surface area (Å²) in [6, 6.07) is 5.42. The summed E-state index contributed by atoms with van der Waals surface area (Å²) in [5.41, 5.74) is 6.72. The maximum atomic E-state index is 8.92. The van der Waals surface area contributed by atoms with Crippen LogP contribution >= 0.6 is 0 Å². The van der Waals surface area contributed by atoms with Crippen molar-refractivity contribution in [1.82, 2.24) is 4.98 Å². The van der Waals surface area contributed by atoms with Crippen molar-refractivity contribution in [3.8, 4) is 5.88 Å². The van der Waals surface area contributed by atoms with E-state index < -0.39 is 0 Å². The summed E-state index contributed by atoms with van der Waals surface area (Å²) in [6.45, 7) is 5.20. The third kappa shape index (κ3) is 5.88. The van der Waals surface area contributed by atoms with Crippen LogP contribution in [0.15, 0.2) is 18.2 Å². The first-order valence-electron chi connectivity index (χ1n) is 7.67. The molecule has 20 heavy (non-hydrogen) atoms. The summed E-state index contributed by atoms with van der Waals surface area (Å²) in [5.74, 6) is 1.23. The van der Waals surface area contributed by atoms with E-state index in [2.05, 4.69) is 18.8 Å². The van der Waals surface area contributed by atoms with Crippen LogP contribution in [0, 0.1) is 5.92 Å². The highest BCUT2D eigenvalue weighted by molar-refractivity contribution is 5.18. The van der Waals surface area contributed by atoms with E-state index in [-0.39, 0.29) is 12.6 Å². The summed E-state index contributed by atoms with van der Waals surface area (Å²) in [5, 5.41) is 8.92. The third-order valence-electron chi connectivity index (χ3n) is 3.43. The summed E-state index contributed by atoms with van der Waals surface area (Å²) in [7, 11) is 0. The van der Waals surface area contributed by atoms with Crippen molar-refractivity contribution in [2.45, 2.75) is 52.0 Å². The molecule has 0 aliphatic carbocycles. The predicted molar refractivity (Wildman–Crippen MR) is 81.7 cm³/mol. The largest absolute Gasteiger partial charge is 0.477 e. The number of nitrogens with zero attached hydrogens (tertiary/aromatic N) is 1. The quantitative estimate of drug-likeness (QED) is 0.691. The molecule has 0 fully saturated rings. The Morgan fingerprint density at radius 1 is 1.20 bits per heavy atom. The van der Waals surface area contributed by atoms with E-state index in [1.807, 2.05) is 18.2 Å². The highest BCUT2D eigenvalue weighted by Gasteiger charge is 2.10. The molecule has 4 nitrogen and oxygen atoms in total. The molecule has 1 aromatic heterocycles. The summed E-state index contributed by atoms with van der Waals surface area (Å²) >= 11 is 0. The van der Waals surface area contributed by atoms with Crippen molar-refractivity contribution in [3.63, 3.8) is 0 Å². The number of pyridine rings is 1. The van der Waals surface area contributed by atoms with Crippen LogP contribution in [0.5, 0.6) is 5.88 Å². The molecule has 0 saturated heterocycles. The fourth-order valence-corrected chi connectivity index (χ4v) is 2.34. The average molecular weight is 280 g/mol. The van der Waals surface area contributed by atoms with Crippen LogP contribution in [-0.4, -0.2) is 23.3 Å². The summed E-state index contributed by atoms with van der Waals surface area (Å²) in [6.07, 6.45) is 5.27. The Morgan fingerprint density at radius 2 is 1.90 bits per heavy atom. The molecule has 0 aliphatic heterocycles. The van der Waals surface area contributed by atoms with Gasteiger partial charge in [0.2, 0.25) is 5.88 Å². The van der Waals surface area contributed by atoms with Crippen molar-refractivity contribution in [1.29, 1.82) is 0 Å². The Balaban J connectivity index is 2.56. The number of rotatable bonds is 10. The second kappa shape index (κ2) is 9.72. The normalized spacial score (nSPS) is 12.7. The minimum Gasteiger partial charge on any atom is -0.477 e. The van der Waals surface area contributed by atoms with Gasteiger partial charge < -0.3 is 15.6 Å². The molecule has 4 heteroatoms. The lowest BCUT2D eigenvalue weighted by atomic mass is 9.99. The maximum Gasteiger partial charge on any atom is 0.213 e. The smallest absolute Gasteiger partial charge is 0.213 e. The van der Waals surface area contributed by atoms with Crippen LogP contribution in [0.3, 0.4) is 0 Å². The number of hydrogen-bond acceptors (Lipinski definition) is 4. The number of aromatic nitrogens is 1. The van der Waals surface area contributed by atoms with Gasteiger partial charge in [-0.05, 0) is 31.2 Å². The van der Waals surface area contributed by atoms with Crippen LogP contribution < -0.4 is 10.5 Å². The van der Waals surface area contributed by atoms with Crippen molar-refractivity contribution in [3.05, 3.63) is 23.9 Å². The number of aliphatic hydroxyl groups excluding tert-OH is 1. The molecule has 1 rings (SSSR count). The molecule has 1 heterocycles. The zero-order valence-corrected chi connectivity index (χ0v) is 12.7. The molecule has 0 amide bonds. The number of nitrogens with two attached hydrogens (primary N) is 1. The van der Waals surface area contributed by atoms with E-state index in [0.717, 1.165) is 5.69 Å². The topological polar surface area (TPSA) is 68.4 Å². The minimum atomic E-state index is -0.231. The van der Waals surface area contributed by atoms with Crippen molar-refractivity contribution < 1.29 is 9.84 Å². The standard InChI is InChI=1S/C16H28N2O2/c1-3-6-13(7-4-2)12-20-16-9-5-8-15(18-16)14(17)10-11-19/h5,8-9,13-14,19H,3-4,6-7,10-12,17H2,1-2H3. The molecular formula is C16H28N2O2. The highest BCUT2D eigenvalue weighted by Crippen LogP contribution is 2.18. The van der Waals surface area contributed by atoms with Gasteiger partial charge in [-0.3, -0.25) is 0 Å². The fourth-order valence-electron chi connectivity index (χ4n) is 2.34. The van der Waals surface area contributed by atoms with Crippen LogP contribution in [0.4, 0.5) is 0 Å². The Labute approximate surface area is 122 Å². The van der Waals surface area contributed by atoms with Crippen molar-refractivity contribution >= 4 is 0 Å². The van der Waals surface area contributed by atoms with Gasteiger partial charge in [0.25, 0.3) is 0 Å². The lowest BCUT2D eigenvalue weighted by molar-refractivity contribution is 0.221. The van der Waals surface area contributed by atoms with Gasteiger partial charge in [0, 0.05) is 18.7 Å². The molecule has 0 aromatic carbocycles. The van der Waals surface area contributed by atoms with Gasteiger partial charge in [-0.25, -0.2) is 4.98 Å². The maximum absolute atomic E-state index is 8.92. The molecule has 0 spiro atoms. The molecule has 0 bridgehead atoms. The minimum absolute atomic E-state index is 0.0724. The molecule has 0 radical (unpaired) electrons. The molecule has 3 N–H and O–H groups in total.